The summed E-state index contributed by atoms with van der Waals surface area (Å²) in [6, 6.07) is 0. The average molecular weight is 503 g/mol. The lowest BCUT2D eigenvalue weighted by atomic mass is 9.41. The van der Waals surface area contributed by atoms with Crippen LogP contribution in [0, 0.1) is 58.2 Å². The zero-order valence-corrected chi connectivity index (χ0v) is 23.1. The summed E-state index contributed by atoms with van der Waals surface area (Å²) in [5.74, 6) is 2.32. The van der Waals surface area contributed by atoms with Gasteiger partial charge in [-0.3, -0.25) is 4.79 Å². The molecule has 1 saturated heterocycles. The van der Waals surface area contributed by atoms with Crippen LogP contribution in [0.3, 0.4) is 0 Å². The number of carboxylic acid groups (broad SMARTS) is 1. The number of hydrogen-bond donors (Lipinski definition) is 2. The Balaban J connectivity index is 1.38. The van der Waals surface area contributed by atoms with Crippen molar-refractivity contribution >= 4 is 11.8 Å². The topological polar surface area (TPSA) is 83.8 Å². The minimum Gasteiger partial charge on any atom is -0.479 e. The third kappa shape index (κ3) is 4.19. The zero-order valence-electron chi connectivity index (χ0n) is 23.1. The number of aliphatic carboxylic acids is 1. The molecule has 5 heteroatoms. The van der Waals surface area contributed by atoms with Crippen molar-refractivity contribution in [1.82, 2.24) is 0 Å². The second kappa shape index (κ2) is 9.98. The summed E-state index contributed by atoms with van der Waals surface area (Å²) < 4.78 is 6.24. The smallest absolute Gasteiger partial charge is 0.332 e. The zero-order chi connectivity index (χ0) is 25.8. The first kappa shape index (κ1) is 26.7. The summed E-state index contributed by atoms with van der Waals surface area (Å²) in [4.78, 5) is 25.7. The third-order valence-corrected chi connectivity index (χ3v) is 12.6. The predicted octanol–water partition coefficient (Wildman–Crippen LogP) is 6.12. The van der Waals surface area contributed by atoms with Gasteiger partial charge in [-0.2, -0.15) is 0 Å². The first-order chi connectivity index (χ1) is 17.1. The van der Waals surface area contributed by atoms with Crippen molar-refractivity contribution in [3.8, 4) is 0 Å². The lowest BCUT2D eigenvalue weighted by molar-refractivity contribution is -0.175. The summed E-state index contributed by atoms with van der Waals surface area (Å²) in [5, 5.41) is 19.3. The lowest BCUT2D eigenvalue weighted by Gasteiger charge is -2.63. The van der Waals surface area contributed by atoms with E-state index < -0.39 is 12.1 Å². The van der Waals surface area contributed by atoms with E-state index >= 15 is 0 Å². The van der Waals surface area contributed by atoms with Crippen LogP contribution in [0.1, 0.15) is 105 Å². The van der Waals surface area contributed by atoms with Gasteiger partial charge in [0.2, 0.25) is 0 Å². The Morgan fingerprint density at radius 2 is 1.75 bits per heavy atom. The van der Waals surface area contributed by atoms with Crippen LogP contribution in [-0.2, 0) is 14.3 Å². The van der Waals surface area contributed by atoms with E-state index in [1.54, 1.807) is 0 Å². The molecule has 0 aromatic carbocycles. The van der Waals surface area contributed by atoms with E-state index in [2.05, 4.69) is 27.7 Å². The third-order valence-electron chi connectivity index (χ3n) is 12.6. The van der Waals surface area contributed by atoms with Gasteiger partial charge in [-0.05, 0) is 123 Å². The molecule has 2 N–H and O–H groups in total. The summed E-state index contributed by atoms with van der Waals surface area (Å²) >= 11 is 0. The van der Waals surface area contributed by atoms with Gasteiger partial charge >= 0.3 is 5.97 Å². The number of hydrogen-bond acceptors (Lipinski definition) is 4. The molecular weight excluding hydrogens is 452 g/mol. The van der Waals surface area contributed by atoms with Gasteiger partial charge < -0.3 is 14.9 Å². The molecule has 5 fully saturated rings. The Morgan fingerprint density at radius 3 is 2.42 bits per heavy atom. The highest BCUT2D eigenvalue weighted by molar-refractivity contribution is 5.86. The molecule has 12 atom stereocenters. The Labute approximate surface area is 218 Å². The van der Waals surface area contributed by atoms with Crippen LogP contribution in [0.2, 0.25) is 0 Å². The molecule has 0 amide bonds. The molecule has 36 heavy (non-hydrogen) atoms. The highest BCUT2D eigenvalue weighted by Crippen LogP contribution is 2.69. The molecule has 0 spiro atoms. The average Bonchev–Trinajstić information content (AvgIpc) is 3.22. The van der Waals surface area contributed by atoms with Gasteiger partial charge in [-0.1, -0.05) is 27.7 Å². The maximum absolute atomic E-state index is 14.4. The van der Waals surface area contributed by atoms with E-state index in [-0.39, 0.29) is 28.6 Å². The van der Waals surface area contributed by atoms with E-state index in [4.69, 9.17) is 4.74 Å². The standard InChI is InChI=1S/C31H50O5/c1-5-20-24-17-19(26-8-6-7-15-36-26)11-13-31(24,4)23-12-14-30(3)21(18(2)16-25(32)29(34)35)9-10-22(30)27(23)28(20)33/h18-27,32H,5-17H2,1-4H3,(H,34,35)/t18-,19-,20+,21-,22+,23+,24+,25?,26?,27+,30-,31-/m1/s1. The van der Waals surface area contributed by atoms with Crippen LogP contribution >= 0.6 is 0 Å². The second-order valence-corrected chi connectivity index (χ2v) is 14.0. The Morgan fingerprint density at radius 1 is 1.03 bits per heavy atom. The number of rotatable bonds is 6. The quantitative estimate of drug-likeness (QED) is 0.457. The summed E-state index contributed by atoms with van der Waals surface area (Å²) in [6.07, 6.45) is 12.1. The SMILES string of the molecule is CC[C@@H]1C(=O)[C@@H]2[C@H](CC[C@]3(C)[C@@H]([C@H](C)CC(O)C(=O)O)CC[C@@H]23)[C@@]2(C)CC[C@@H](C3CCCCO3)C[C@@H]12. The van der Waals surface area contributed by atoms with Crippen LogP contribution in [0.4, 0.5) is 0 Å². The van der Waals surface area contributed by atoms with E-state index in [9.17, 15) is 19.8 Å². The normalized spacial score (nSPS) is 48.4. The molecule has 5 rings (SSSR count). The molecule has 5 nitrogen and oxygen atoms in total. The number of fused-ring (bicyclic) bond motifs is 5. The largest absolute Gasteiger partial charge is 0.479 e. The van der Waals surface area contributed by atoms with Crippen molar-refractivity contribution in [1.29, 1.82) is 0 Å². The molecule has 5 aliphatic rings. The van der Waals surface area contributed by atoms with Gasteiger partial charge in [-0.25, -0.2) is 4.79 Å². The summed E-state index contributed by atoms with van der Waals surface area (Å²) in [6.45, 7) is 10.2. The van der Waals surface area contributed by atoms with Gasteiger partial charge in [0.1, 0.15) is 5.78 Å². The van der Waals surface area contributed by atoms with Crippen molar-refractivity contribution in [2.45, 2.75) is 117 Å². The number of aliphatic hydroxyl groups excluding tert-OH is 1. The first-order valence-corrected chi connectivity index (χ1v) is 15.2. The van der Waals surface area contributed by atoms with E-state index in [0.717, 1.165) is 38.7 Å². The molecule has 0 bridgehead atoms. The van der Waals surface area contributed by atoms with Crippen molar-refractivity contribution in [3.05, 3.63) is 0 Å². The maximum atomic E-state index is 14.4. The Hall–Kier alpha value is -0.940. The second-order valence-electron chi connectivity index (χ2n) is 14.0. The summed E-state index contributed by atoms with van der Waals surface area (Å²) in [7, 11) is 0. The van der Waals surface area contributed by atoms with Crippen molar-refractivity contribution in [3.63, 3.8) is 0 Å². The Kier molecular flexibility index (Phi) is 7.39. The Bertz CT molecular complexity index is 835. The lowest BCUT2D eigenvalue weighted by Crippen LogP contribution is -2.60. The van der Waals surface area contributed by atoms with E-state index in [1.165, 1.54) is 38.5 Å². The van der Waals surface area contributed by atoms with Crippen molar-refractivity contribution < 1.29 is 24.5 Å². The molecule has 4 aliphatic carbocycles. The number of Topliss-reactive ketones (excluding diaryl/α,β-unsaturated/α-hetero) is 1. The van der Waals surface area contributed by atoms with Gasteiger partial charge in [0.25, 0.3) is 0 Å². The van der Waals surface area contributed by atoms with Crippen molar-refractivity contribution in [2.24, 2.45) is 58.2 Å². The minimum atomic E-state index is -1.29. The molecule has 0 radical (unpaired) electrons. The van der Waals surface area contributed by atoms with Crippen LogP contribution in [0.15, 0.2) is 0 Å². The fraction of sp³-hybridized carbons (Fsp3) is 0.935. The number of carbonyl (C=O) groups excluding carboxylic acids is 1. The number of ketones is 1. The fourth-order valence-electron chi connectivity index (χ4n) is 10.8. The van der Waals surface area contributed by atoms with Gasteiger partial charge in [-0.15, -0.1) is 0 Å². The van der Waals surface area contributed by atoms with Crippen LogP contribution in [0.25, 0.3) is 0 Å². The molecule has 2 unspecified atom stereocenters. The van der Waals surface area contributed by atoms with Crippen molar-refractivity contribution in [2.75, 3.05) is 6.61 Å². The van der Waals surface area contributed by atoms with Crippen LogP contribution in [-0.4, -0.2) is 40.8 Å². The van der Waals surface area contributed by atoms with Crippen LogP contribution < -0.4 is 0 Å². The monoisotopic (exact) mass is 502 g/mol. The van der Waals surface area contributed by atoms with E-state index in [0.29, 0.717) is 47.9 Å². The highest BCUT2D eigenvalue weighted by Gasteiger charge is 2.65. The molecule has 1 heterocycles. The predicted molar refractivity (Wildman–Crippen MR) is 139 cm³/mol. The van der Waals surface area contributed by atoms with Gasteiger partial charge in [0.15, 0.2) is 6.10 Å². The number of aliphatic hydroxyl groups is 1. The van der Waals surface area contributed by atoms with Gasteiger partial charge in [0, 0.05) is 18.4 Å². The number of carbonyl (C=O) groups is 2. The maximum Gasteiger partial charge on any atom is 0.332 e. The van der Waals surface area contributed by atoms with Gasteiger partial charge in [0.05, 0.1) is 6.10 Å². The molecule has 1 aliphatic heterocycles. The first-order valence-electron chi connectivity index (χ1n) is 15.2. The molecule has 0 aromatic heterocycles. The number of ether oxygens (including phenoxy) is 1. The molecule has 0 aromatic rings. The molecule has 4 saturated carbocycles. The molecular formula is C31H50O5. The minimum absolute atomic E-state index is 0.0725. The molecule has 204 valence electrons. The van der Waals surface area contributed by atoms with E-state index in [1.807, 2.05) is 0 Å². The van der Waals surface area contributed by atoms with Crippen LogP contribution in [0.5, 0.6) is 0 Å². The summed E-state index contributed by atoms with van der Waals surface area (Å²) in [5.41, 5.74) is 0.318. The fourth-order valence-corrected chi connectivity index (χ4v) is 10.8. The number of carboxylic acids is 1. The highest BCUT2D eigenvalue weighted by atomic mass is 16.5.